The van der Waals surface area contributed by atoms with Crippen LogP contribution in [0.3, 0.4) is 0 Å². The van der Waals surface area contributed by atoms with Crippen molar-refractivity contribution in [3.8, 4) is 10.6 Å². The molecule has 0 amide bonds. The van der Waals surface area contributed by atoms with E-state index in [0.29, 0.717) is 5.56 Å². The lowest BCUT2D eigenvalue weighted by Crippen LogP contribution is -1.78. The van der Waals surface area contributed by atoms with Gasteiger partial charge in [0.1, 0.15) is 10.8 Å². The van der Waals surface area contributed by atoms with E-state index < -0.39 is 0 Å². The van der Waals surface area contributed by atoms with E-state index in [1.165, 1.54) is 6.07 Å². The first-order valence-electron chi connectivity index (χ1n) is 4.87. The summed E-state index contributed by atoms with van der Waals surface area (Å²) in [6, 6.07) is 15.4. The maximum Gasteiger partial charge on any atom is 0.131 e. The van der Waals surface area contributed by atoms with Crippen LogP contribution in [0.1, 0.15) is 0 Å². The molecule has 1 nitrogen and oxygen atoms in total. The Morgan fingerprint density at radius 1 is 1.06 bits per heavy atom. The number of benzene rings is 2. The van der Waals surface area contributed by atoms with Crippen molar-refractivity contribution >= 4 is 21.6 Å². The molecule has 16 heavy (non-hydrogen) atoms. The summed E-state index contributed by atoms with van der Waals surface area (Å²) in [5.41, 5.74) is 1.65. The number of para-hydroxylation sites is 1. The molecule has 0 N–H and O–H groups in total. The fourth-order valence-electron chi connectivity index (χ4n) is 1.55. The van der Waals surface area contributed by atoms with Crippen LogP contribution in [0.4, 0.5) is 4.39 Å². The molecular formula is C13H7FNS. The Balaban J connectivity index is 2.19. The summed E-state index contributed by atoms with van der Waals surface area (Å²) in [5.74, 6) is -0.350. The van der Waals surface area contributed by atoms with Crippen LogP contribution in [0, 0.1) is 11.9 Å². The van der Waals surface area contributed by atoms with Crippen molar-refractivity contribution in [2.24, 2.45) is 0 Å². The van der Waals surface area contributed by atoms with Crippen LogP contribution >= 0.6 is 11.3 Å². The summed E-state index contributed by atoms with van der Waals surface area (Å²) in [6.45, 7) is 0. The molecule has 0 spiro atoms. The van der Waals surface area contributed by atoms with Crippen LogP contribution < -0.4 is 0 Å². The van der Waals surface area contributed by atoms with E-state index in [2.05, 4.69) is 11.1 Å². The van der Waals surface area contributed by atoms with E-state index in [1.54, 1.807) is 17.4 Å². The number of hydrogen-bond donors (Lipinski definition) is 0. The third-order valence-corrected chi connectivity index (χ3v) is 3.35. The highest BCUT2D eigenvalue weighted by atomic mass is 32.1. The highest BCUT2D eigenvalue weighted by Crippen LogP contribution is 2.29. The molecule has 0 atom stereocenters. The minimum absolute atomic E-state index is 0.350. The summed E-state index contributed by atoms with van der Waals surface area (Å²) < 4.78 is 14.1. The largest absolute Gasteiger partial charge is 0.236 e. The van der Waals surface area contributed by atoms with Gasteiger partial charge >= 0.3 is 0 Å². The van der Waals surface area contributed by atoms with Gasteiger partial charge in [-0.3, -0.25) is 0 Å². The molecule has 3 rings (SSSR count). The van der Waals surface area contributed by atoms with Gasteiger partial charge in [0.2, 0.25) is 0 Å². The predicted molar refractivity (Wildman–Crippen MR) is 63.9 cm³/mol. The van der Waals surface area contributed by atoms with Crippen molar-refractivity contribution in [3.63, 3.8) is 0 Å². The van der Waals surface area contributed by atoms with Gasteiger partial charge in [-0.15, -0.1) is 11.3 Å². The van der Waals surface area contributed by atoms with Crippen LogP contribution in [0.15, 0.2) is 42.5 Å². The second-order valence-corrected chi connectivity index (χ2v) is 4.43. The van der Waals surface area contributed by atoms with Crippen molar-refractivity contribution < 1.29 is 4.39 Å². The predicted octanol–water partition coefficient (Wildman–Crippen LogP) is 3.90. The number of thiazole rings is 1. The fraction of sp³-hybridized carbons (Fsp3) is 0. The fourth-order valence-corrected chi connectivity index (χ4v) is 2.50. The number of aromatic nitrogens is 1. The summed E-state index contributed by atoms with van der Waals surface area (Å²) in [7, 11) is 0. The Morgan fingerprint density at radius 2 is 1.94 bits per heavy atom. The Hall–Kier alpha value is -1.74. The Kier molecular flexibility index (Phi) is 2.18. The van der Waals surface area contributed by atoms with E-state index in [4.69, 9.17) is 0 Å². The van der Waals surface area contributed by atoms with E-state index in [1.807, 2.05) is 30.3 Å². The molecule has 1 heterocycles. The second kappa shape index (κ2) is 3.68. The molecule has 0 saturated heterocycles. The van der Waals surface area contributed by atoms with E-state index in [0.717, 1.165) is 15.2 Å². The third-order valence-electron chi connectivity index (χ3n) is 2.28. The third kappa shape index (κ3) is 1.59. The van der Waals surface area contributed by atoms with Crippen LogP contribution in [0.5, 0.6) is 0 Å². The summed E-state index contributed by atoms with van der Waals surface area (Å²) in [4.78, 5) is 4.44. The summed E-state index contributed by atoms with van der Waals surface area (Å²) in [6.07, 6.45) is 0. The number of fused-ring (bicyclic) bond motifs is 1. The van der Waals surface area contributed by atoms with Gasteiger partial charge in [-0.1, -0.05) is 24.3 Å². The molecule has 0 aliphatic heterocycles. The molecule has 3 heteroatoms. The zero-order chi connectivity index (χ0) is 11.0. The summed E-state index contributed by atoms with van der Waals surface area (Å²) >= 11 is 1.55. The molecule has 1 aromatic heterocycles. The first-order valence-corrected chi connectivity index (χ1v) is 5.68. The Bertz CT molecular complexity index is 612. The van der Waals surface area contributed by atoms with Gasteiger partial charge in [-0.2, -0.15) is 0 Å². The minimum Gasteiger partial charge on any atom is -0.236 e. The Labute approximate surface area is 96.2 Å². The van der Waals surface area contributed by atoms with E-state index in [9.17, 15) is 4.39 Å². The van der Waals surface area contributed by atoms with Gasteiger partial charge in [0.05, 0.1) is 10.2 Å². The molecule has 0 aliphatic rings. The first kappa shape index (κ1) is 9.48. The molecule has 0 saturated carbocycles. The van der Waals surface area contributed by atoms with Crippen molar-refractivity contribution in [1.82, 2.24) is 4.98 Å². The number of halogens is 1. The minimum atomic E-state index is -0.350. The monoisotopic (exact) mass is 228 g/mol. The van der Waals surface area contributed by atoms with Gasteiger partial charge in [-0.25, -0.2) is 9.37 Å². The molecule has 77 valence electrons. The first-order chi connectivity index (χ1) is 7.83. The molecule has 0 bridgehead atoms. The van der Waals surface area contributed by atoms with Crippen LogP contribution in [-0.4, -0.2) is 4.98 Å². The molecule has 0 aliphatic carbocycles. The van der Waals surface area contributed by atoms with Gasteiger partial charge in [-0.05, 0) is 18.2 Å². The highest BCUT2D eigenvalue weighted by Gasteiger charge is 2.06. The molecule has 3 aromatic rings. The van der Waals surface area contributed by atoms with Crippen molar-refractivity contribution in [2.45, 2.75) is 0 Å². The lowest BCUT2D eigenvalue weighted by Gasteiger charge is -1.93. The quantitative estimate of drug-likeness (QED) is 0.615. The van der Waals surface area contributed by atoms with Gasteiger partial charge in [0.25, 0.3) is 0 Å². The van der Waals surface area contributed by atoms with Crippen molar-refractivity contribution in [1.29, 1.82) is 0 Å². The maximum absolute atomic E-state index is 13.0. The zero-order valence-corrected chi connectivity index (χ0v) is 9.09. The maximum atomic E-state index is 13.0. The molecule has 2 aromatic carbocycles. The SMILES string of the molecule is Fc1[c]c(-c2nc3ccccc3s2)ccc1. The van der Waals surface area contributed by atoms with E-state index in [-0.39, 0.29) is 5.82 Å². The average molecular weight is 228 g/mol. The smallest absolute Gasteiger partial charge is 0.131 e. The lowest BCUT2D eigenvalue weighted by atomic mass is 10.2. The van der Waals surface area contributed by atoms with Crippen LogP contribution in [0.2, 0.25) is 0 Å². The second-order valence-electron chi connectivity index (χ2n) is 3.40. The zero-order valence-electron chi connectivity index (χ0n) is 8.27. The molecule has 1 radical (unpaired) electrons. The number of hydrogen-bond acceptors (Lipinski definition) is 2. The number of nitrogens with zero attached hydrogens (tertiary/aromatic N) is 1. The average Bonchev–Trinajstić information content (AvgIpc) is 2.72. The Morgan fingerprint density at radius 3 is 2.75 bits per heavy atom. The molecule has 0 unspecified atom stereocenters. The van der Waals surface area contributed by atoms with Gasteiger partial charge < -0.3 is 0 Å². The molecule has 0 fully saturated rings. The van der Waals surface area contributed by atoms with Gasteiger partial charge in [0, 0.05) is 11.6 Å². The molecular weight excluding hydrogens is 221 g/mol. The summed E-state index contributed by atoms with van der Waals surface area (Å²) in [5, 5.41) is 0.806. The topological polar surface area (TPSA) is 12.9 Å². The van der Waals surface area contributed by atoms with Crippen LogP contribution in [-0.2, 0) is 0 Å². The lowest BCUT2D eigenvalue weighted by molar-refractivity contribution is 0.626. The van der Waals surface area contributed by atoms with Gasteiger partial charge in [0.15, 0.2) is 0 Å². The van der Waals surface area contributed by atoms with Crippen molar-refractivity contribution in [3.05, 3.63) is 54.3 Å². The van der Waals surface area contributed by atoms with Crippen molar-refractivity contribution in [2.75, 3.05) is 0 Å². The number of rotatable bonds is 1. The standard InChI is InChI=1S/C13H7FNS/c14-10-5-3-4-9(8-10)13-15-11-6-1-2-7-12(11)16-13/h1-7H. The highest BCUT2D eigenvalue weighted by molar-refractivity contribution is 7.21. The normalized spacial score (nSPS) is 10.8. The van der Waals surface area contributed by atoms with E-state index >= 15 is 0 Å². The van der Waals surface area contributed by atoms with Crippen LogP contribution in [0.25, 0.3) is 20.8 Å².